The quantitative estimate of drug-likeness (QED) is 0.0699. The Morgan fingerprint density at radius 1 is 0.882 bits per heavy atom. The number of aryl methyl sites for hydroxylation is 2. The molecular weight excluding hydrogens is 655 g/mol. The van der Waals surface area contributed by atoms with Gasteiger partial charge in [0.05, 0.1) is 24.0 Å². The van der Waals surface area contributed by atoms with Crippen molar-refractivity contribution >= 4 is 50.7 Å². The Balaban J connectivity index is 1.33. The predicted molar refractivity (Wildman–Crippen MR) is 206 cm³/mol. The van der Waals surface area contributed by atoms with Crippen LogP contribution in [0.1, 0.15) is 57.9 Å². The highest BCUT2D eigenvalue weighted by Gasteiger charge is 2.45. The zero-order valence-electron chi connectivity index (χ0n) is 30.3. The summed E-state index contributed by atoms with van der Waals surface area (Å²) in [6.45, 7) is 10.9. The Hall–Kier alpha value is -4.60. The average Bonchev–Trinajstić information content (AvgIpc) is 3.49. The predicted octanol–water partition coefficient (Wildman–Crippen LogP) is 7.52. The molecular formula is C42H45BN2O5S. The van der Waals surface area contributed by atoms with Gasteiger partial charge in [-0.1, -0.05) is 66.2 Å². The second kappa shape index (κ2) is 13.5. The van der Waals surface area contributed by atoms with Crippen LogP contribution in [0.3, 0.4) is 0 Å². The smallest absolute Gasteiger partial charge is 0.409 e. The Morgan fingerprint density at radius 2 is 1.59 bits per heavy atom. The first-order valence-corrected chi connectivity index (χ1v) is 19.1. The number of rotatable bonds is 10. The van der Waals surface area contributed by atoms with E-state index in [1.54, 1.807) is 24.3 Å². The lowest BCUT2D eigenvalue weighted by molar-refractivity contribution is -0.151. The van der Waals surface area contributed by atoms with Crippen molar-refractivity contribution in [1.29, 1.82) is 0 Å². The lowest BCUT2D eigenvalue weighted by Gasteiger charge is -2.40. The third-order valence-corrected chi connectivity index (χ3v) is 12.2. The number of benzene rings is 5. The van der Waals surface area contributed by atoms with Crippen LogP contribution in [0, 0.1) is 33.1 Å². The van der Waals surface area contributed by atoms with Crippen LogP contribution in [0.25, 0.3) is 10.8 Å². The van der Waals surface area contributed by atoms with Crippen LogP contribution >= 0.6 is 0 Å². The van der Waals surface area contributed by atoms with E-state index in [0.29, 0.717) is 32.2 Å². The van der Waals surface area contributed by atoms with Crippen molar-refractivity contribution in [3.63, 3.8) is 0 Å². The normalized spacial score (nSPS) is 16.7. The summed E-state index contributed by atoms with van der Waals surface area (Å²) < 4.78 is 37.1. The highest BCUT2D eigenvalue weighted by Crippen LogP contribution is 2.44. The van der Waals surface area contributed by atoms with E-state index in [1.807, 2.05) is 19.9 Å². The SMILES string of the molecule is COC(=O)C1(C)Cc2c(C)c(CCCOS(=O)(=O)c3ccc(C)cc3)c(B3Nc4cccc5cc(C)cc(c45)N3Cc3ccccc3)c(C)c2C1. The molecule has 0 fully saturated rings. The molecule has 0 saturated heterocycles. The van der Waals surface area contributed by atoms with Crippen molar-refractivity contribution in [3.8, 4) is 0 Å². The van der Waals surface area contributed by atoms with Crippen LogP contribution in [0.2, 0.25) is 0 Å². The summed E-state index contributed by atoms with van der Waals surface area (Å²) in [7, 11) is -2.43. The number of nitrogens with one attached hydrogen (secondary N) is 1. The van der Waals surface area contributed by atoms with E-state index in [1.165, 1.54) is 51.3 Å². The molecule has 0 aromatic heterocycles. The molecule has 5 aromatic carbocycles. The second-order valence-corrected chi connectivity index (χ2v) is 16.2. The Labute approximate surface area is 302 Å². The van der Waals surface area contributed by atoms with E-state index in [2.05, 4.69) is 85.4 Å². The summed E-state index contributed by atoms with van der Waals surface area (Å²) in [6.07, 6.45) is 2.31. The first kappa shape index (κ1) is 34.8. The Bertz CT molecular complexity index is 2260. The van der Waals surface area contributed by atoms with Gasteiger partial charge in [0.25, 0.3) is 10.1 Å². The minimum Gasteiger partial charge on any atom is -0.469 e. The van der Waals surface area contributed by atoms with Gasteiger partial charge in [0.1, 0.15) is 0 Å². The van der Waals surface area contributed by atoms with E-state index in [4.69, 9.17) is 8.92 Å². The van der Waals surface area contributed by atoms with Gasteiger partial charge in [0.15, 0.2) is 0 Å². The molecule has 1 aliphatic heterocycles. The fraction of sp³-hybridized carbons (Fsp3) is 0.310. The lowest BCUT2D eigenvalue weighted by Crippen LogP contribution is -2.58. The number of carbonyl (C=O) groups excluding carboxylic acids is 1. The van der Waals surface area contributed by atoms with Gasteiger partial charge in [0, 0.05) is 23.3 Å². The van der Waals surface area contributed by atoms with Crippen LogP contribution in [-0.2, 0) is 49.6 Å². The fourth-order valence-electron chi connectivity index (χ4n) is 8.27. The van der Waals surface area contributed by atoms with Crippen LogP contribution in [0.15, 0.2) is 89.8 Å². The zero-order valence-corrected chi connectivity index (χ0v) is 31.1. The highest BCUT2D eigenvalue weighted by atomic mass is 32.2. The molecule has 0 amide bonds. The molecule has 2 aliphatic rings. The van der Waals surface area contributed by atoms with Crippen LogP contribution in [0.4, 0.5) is 11.4 Å². The lowest BCUT2D eigenvalue weighted by atomic mass is 9.58. The molecule has 51 heavy (non-hydrogen) atoms. The molecule has 5 aromatic rings. The van der Waals surface area contributed by atoms with Crippen LogP contribution in [-0.4, -0.2) is 35.1 Å². The molecule has 1 atom stereocenters. The number of fused-ring (bicyclic) bond motifs is 1. The standard InChI is InChI=1S/C42H45BN2O5S/c1-27-17-19-33(20-18-27)51(47,48)50-21-11-15-34-29(3)35-24-42(5,41(46)49-6)25-36(35)30(4)40(34)43-44-37-16-10-14-32-22-28(2)23-38(39(32)37)45(43)26-31-12-8-7-9-13-31/h7-10,12-14,16-20,22-23,44H,11,15,21,24-26H2,1-6H3. The first-order chi connectivity index (χ1) is 24.4. The van der Waals surface area contributed by atoms with Crippen molar-refractivity contribution in [2.75, 3.05) is 23.8 Å². The number of anilines is 2. The minimum absolute atomic E-state index is 0.0538. The number of ether oxygens (including phenoxy) is 1. The third-order valence-electron chi connectivity index (χ3n) is 10.9. The summed E-state index contributed by atoms with van der Waals surface area (Å²) in [5.74, 6) is -0.201. The molecule has 7 rings (SSSR count). The number of methoxy groups -OCH3 is 1. The third kappa shape index (κ3) is 6.42. The molecule has 1 N–H and O–H groups in total. The number of hydrogen-bond acceptors (Lipinski definition) is 7. The van der Waals surface area contributed by atoms with Crippen LogP contribution < -0.4 is 15.5 Å². The zero-order chi connectivity index (χ0) is 36.1. The summed E-state index contributed by atoms with van der Waals surface area (Å²) >= 11 is 0. The van der Waals surface area contributed by atoms with Crippen LogP contribution in [0.5, 0.6) is 0 Å². The van der Waals surface area contributed by atoms with Crippen molar-refractivity contribution < 1.29 is 22.1 Å². The molecule has 7 nitrogen and oxygen atoms in total. The minimum atomic E-state index is -3.89. The summed E-state index contributed by atoms with van der Waals surface area (Å²) in [5, 5.41) is 6.35. The average molecular weight is 701 g/mol. The molecule has 1 unspecified atom stereocenters. The molecule has 0 radical (unpaired) electrons. The van der Waals surface area contributed by atoms with Gasteiger partial charge in [-0.3, -0.25) is 8.98 Å². The van der Waals surface area contributed by atoms with Crippen molar-refractivity contribution in [2.24, 2.45) is 5.41 Å². The fourth-order valence-corrected chi connectivity index (χ4v) is 9.21. The van der Waals surface area contributed by atoms with Gasteiger partial charge >= 0.3 is 13.0 Å². The molecule has 0 saturated carbocycles. The second-order valence-electron chi connectivity index (χ2n) is 14.5. The van der Waals surface area contributed by atoms with E-state index >= 15 is 0 Å². The first-order valence-electron chi connectivity index (χ1n) is 17.7. The monoisotopic (exact) mass is 700 g/mol. The summed E-state index contributed by atoms with van der Waals surface area (Å²) in [5.41, 5.74) is 12.0. The van der Waals surface area contributed by atoms with Gasteiger partial charge in [-0.15, -0.1) is 0 Å². The highest BCUT2D eigenvalue weighted by molar-refractivity contribution is 7.86. The number of esters is 1. The molecule has 262 valence electrons. The maximum atomic E-state index is 13.2. The largest absolute Gasteiger partial charge is 0.469 e. The maximum absolute atomic E-state index is 13.2. The topological polar surface area (TPSA) is 84.9 Å². The summed E-state index contributed by atoms with van der Waals surface area (Å²) in [4.78, 5) is 15.8. The van der Waals surface area contributed by atoms with Crippen molar-refractivity contribution in [2.45, 2.75) is 71.7 Å². The van der Waals surface area contributed by atoms with E-state index in [9.17, 15) is 13.2 Å². The maximum Gasteiger partial charge on any atom is 0.409 e. The molecule has 0 spiro atoms. The molecule has 1 aliphatic carbocycles. The number of carbonyl (C=O) groups is 1. The van der Waals surface area contributed by atoms with Gasteiger partial charge in [-0.2, -0.15) is 8.42 Å². The number of nitrogens with zero attached hydrogens (tertiary/aromatic N) is 1. The van der Waals surface area contributed by atoms with Gasteiger partial charge in [-0.25, -0.2) is 0 Å². The van der Waals surface area contributed by atoms with Crippen molar-refractivity contribution in [1.82, 2.24) is 0 Å². The van der Waals surface area contributed by atoms with E-state index in [0.717, 1.165) is 27.9 Å². The molecule has 9 heteroatoms. The van der Waals surface area contributed by atoms with Gasteiger partial charge in [-0.05, 0) is 134 Å². The van der Waals surface area contributed by atoms with Gasteiger partial charge in [0.2, 0.25) is 0 Å². The van der Waals surface area contributed by atoms with E-state index in [-0.39, 0.29) is 24.5 Å². The Kier molecular flexibility index (Phi) is 9.23. The number of hydrogen-bond donors (Lipinski definition) is 1. The molecule has 1 heterocycles. The van der Waals surface area contributed by atoms with E-state index < -0.39 is 15.5 Å². The van der Waals surface area contributed by atoms with Crippen molar-refractivity contribution in [3.05, 3.63) is 129 Å². The Morgan fingerprint density at radius 3 is 2.29 bits per heavy atom. The summed E-state index contributed by atoms with van der Waals surface area (Å²) in [6, 6.07) is 28.2. The van der Waals surface area contributed by atoms with Gasteiger partial charge < -0.3 is 14.8 Å². The molecule has 0 bridgehead atoms.